The van der Waals surface area contributed by atoms with E-state index in [0.717, 1.165) is 33.8 Å². The Morgan fingerprint density at radius 3 is 2.50 bits per heavy atom. The number of hydrogen-bond donors (Lipinski definition) is 1. The second-order valence-electron chi connectivity index (χ2n) is 4.52. The SMILES string of the molecule is Cc1ccn2c(C)c(-c3ccccc3)nc2c1N. The average Bonchev–Trinajstić information content (AvgIpc) is 2.73. The summed E-state index contributed by atoms with van der Waals surface area (Å²) in [5.41, 5.74) is 12.0. The molecule has 0 unspecified atom stereocenters. The minimum atomic E-state index is 0.753. The Kier molecular flexibility index (Phi) is 2.33. The second kappa shape index (κ2) is 3.88. The number of imidazole rings is 1. The Bertz CT molecular complexity index is 711. The fourth-order valence-electron chi connectivity index (χ4n) is 2.21. The monoisotopic (exact) mass is 237 g/mol. The quantitative estimate of drug-likeness (QED) is 0.706. The van der Waals surface area contributed by atoms with Crippen molar-refractivity contribution < 1.29 is 0 Å². The first-order valence-electron chi connectivity index (χ1n) is 5.97. The molecule has 0 aliphatic rings. The van der Waals surface area contributed by atoms with Crippen LogP contribution in [0.3, 0.4) is 0 Å². The van der Waals surface area contributed by atoms with Crippen LogP contribution in [0.5, 0.6) is 0 Å². The summed E-state index contributed by atoms with van der Waals surface area (Å²) in [6, 6.07) is 12.2. The normalized spacial score (nSPS) is 11.0. The van der Waals surface area contributed by atoms with E-state index in [2.05, 4.69) is 24.0 Å². The molecule has 0 radical (unpaired) electrons. The molecule has 0 fully saturated rings. The number of nitrogens with zero attached hydrogens (tertiary/aromatic N) is 2. The number of fused-ring (bicyclic) bond motifs is 1. The van der Waals surface area contributed by atoms with Gasteiger partial charge in [0, 0.05) is 17.5 Å². The van der Waals surface area contributed by atoms with Crippen molar-refractivity contribution in [2.75, 3.05) is 5.73 Å². The lowest BCUT2D eigenvalue weighted by Crippen LogP contribution is -1.96. The fourth-order valence-corrected chi connectivity index (χ4v) is 2.21. The van der Waals surface area contributed by atoms with Gasteiger partial charge in [0.25, 0.3) is 0 Å². The molecule has 3 heteroatoms. The Hall–Kier alpha value is -2.29. The molecule has 0 aliphatic carbocycles. The number of benzene rings is 1. The number of pyridine rings is 1. The van der Waals surface area contributed by atoms with Crippen molar-refractivity contribution in [1.82, 2.24) is 9.38 Å². The molecule has 3 rings (SSSR count). The predicted molar refractivity (Wildman–Crippen MR) is 74.5 cm³/mol. The molecule has 18 heavy (non-hydrogen) atoms. The van der Waals surface area contributed by atoms with Gasteiger partial charge < -0.3 is 10.1 Å². The highest BCUT2D eigenvalue weighted by Crippen LogP contribution is 2.27. The van der Waals surface area contributed by atoms with Gasteiger partial charge >= 0.3 is 0 Å². The molecular weight excluding hydrogens is 222 g/mol. The molecule has 0 spiro atoms. The molecule has 3 nitrogen and oxygen atoms in total. The van der Waals surface area contributed by atoms with Crippen LogP contribution in [0.25, 0.3) is 16.9 Å². The van der Waals surface area contributed by atoms with Crippen LogP contribution in [0.4, 0.5) is 5.69 Å². The number of anilines is 1. The average molecular weight is 237 g/mol. The molecule has 0 saturated heterocycles. The van der Waals surface area contributed by atoms with E-state index >= 15 is 0 Å². The third-order valence-corrected chi connectivity index (χ3v) is 3.34. The largest absolute Gasteiger partial charge is 0.395 e. The van der Waals surface area contributed by atoms with Crippen molar-refractivity contribution >= 4 is 11.3 Å². The van der Waals surface area contributed by atoms with Crippen LogP contribution in [-0.2, 0) is 0 Å². The van der Waals surface area contributed by atoms with E-state index in [4.69, 9.17) is 5.73 Å². The number of hydrogen-bond acceptors (Lipinski definition) is 2. The predicted octanol–water partition coefficient (Wildman–Crippen LogP) is 3.20. The minimum absolute atomic E-state index is 0.753. The summed E-state index contributed by atoms with van der Waals surface area (Å²) in [4.78, 5) is 4.68. The Morgan fingerprint density at radius 2 is 1.78 bits per heavy atom. The van der Waals surface area contributed by atoms with Crippen LogP contribution in [0.15, 0.2) is 42.6 Å². The minimum Gasteiger partial charge on any atom is -0.395 e. The van der Waals surface area contributed by atoms with Crippen molar-refractivity contribution in [3.05, 3.63) is 53.9 Å². The smallest absolute Gasteiger partial charge is 0.161 e. The zero-order valence-corrected chi connectivity index (χ0v) is 10.5. The van der Waals surface area contributed by atoms with Gasteiger partial charge in [-0.3, -0.25) is 0 Å². The molecule has 2 heterocycles. The molecule has 0 bridgehead atoms. The second-order valence-corrected chi connectivity index (χ2v) is 4.52. The maximum Gasteiger partial charge on any atom is 0.161 e. The highest BCUT2D eigenvalue weighted by atomic mass is 15.0. The first kappa shape index (κ1) is 10.8. The topological polar surface area (TPSA) is 43.3 Å². The van der Waals surface area contributed by atoms with E-state index in [1.807, 2.05) is 41.8 Å². The molecule has 0 amide bonds. The van der Waals surface area contributed by atoms with Crippen molar-refractivity contribution in [1.29, 1.82) is 0 Å². The first-order valence-corrected chi connectivity index (χ1v) is 5.97. The molecule has 2 N–H and O–H groups in total. The van der Waals surface area contributed by atoms with E-state index in [-0.39, 0.29) is 0 Å². The Balaban J connectivity index is 2.33. The summed E-state index contributed by atoms with van der Waals surface area (Å²) in [6.07, 6.45) is 2.02. The lowest BCUT2D eigenvalue weighted by molar-refractivity contribution is 1.10. The van der Waals surface area contributed by atoms with Gasteiger partial charge in [-0.2, -0.15) is 0 Å². The number of rotatable bonds is 1. The first-order chi connectivity index (χ1) is 8.68. The van der Waals surface area contributed by atoms with Crippen molar-refractivity contribution in [2.45, 2.75) is 13.8 Å². The summed E-state index contributed by atoms with van der Waals surface area (Å²) in [5, 5.41) is 0. The third kappa shape index (κ3) is 1.48. The van der Waals surface area contributed by atoms with Crippen LogP contribution >= 0.6 is 0 Å². The van der Waals surface area contributed by atoms with Crippen molar-refractivity contribution in [2.24, 2.45) is 0 Å². The van der Waals surface area contributed by atoms with E-state index in [1.165, 1.54) is 0 Å². The summed E-state index contributed by atoms with van der Waals surface area (Å²) < 4.78 is 2.05. The van der Waals surface area contributed by atoms with Crippen molar-refractivity contribution in [3.63, 3.8) is 0 Å². The molecule has 0 saturated carbocycles. The summed E-state index contributed by atoms with van der Waals surface area (Å²) in [5.74, 6) is 0. The van der Waals surface area contributed by atoms with Gasteiger partial charge in [-0.1, -0.05) is 30.3 Å². The van der Waals surface area contributed by atoms with Gasteiger partial charge in [-0.25, -0.2) is 4.98 Å². The van der Waals surface area contributed by atoms with Crippen molar-refractivity contribution in [3.8, 4) is 11.3 Å². The van der Waals surface area contributed by atoms with E-state index in [1.54, 1.807) is 0 Å². The maximum atomic E-state index is 6.10. The van der Waals surface area contributed by atoms with Gasteiger partial charge in [0.15, 0.2) is 5.65 Å². The molecule has 2 aromatic heterocycles. The molecule has 0 atom stereocenters. The van der Waals surface area contributed by atoms with Gasteiger partial charge in [0.2, 0.25) is 0 Å². The van der Waals surface area contributed by atoms with Gasteiger partial charge in [-0.05, 0) is 25.5 Å². The number of aromatic nitrogens is 2. The fraction of sp³-hybridized carbons (Fsp3) is 0.133. The highest BCUT2D eigenvalue weighted by molar-refractivity contribution is 5.75. The Labute approximate surface area is 106 Å². The lowest BCUT2D eigenvalue weighted by Gasteiger charge is -2.02. The van der Waals surface area contributed by atoms with Crippen LogP contribution in [0, 0.1) is 13.8 Å². The summed E-state index contributed by atoms with van der Waals surface area (Å²) >= 11 is 0. The van der Waals surface area contributed by atoms with E-state index in [0.29, 0.717) is 0 Å². The van der Waals surface area contributed by atoms with E-state index in [9.17, 15) is 0 Å². The molecule has 3 aromatic rings. The number of nitrogen functional groups attached to an aromatic ring is 1. The zero-order chi connectivity index (χ0) is 12.7. The van der Waals surface area contributed by atoms with Gasteiger partial charge in [0.1, 0.15) is 0 Å². The highest BCUT2D eigenvalue weighted by Gasteiger charge is 2.12. The lowest BCUT2D eigenvalue weighted by atomic mass is 10.1. The van der Waals surface area contributed by atoms with Gasteiger partial charge in [0.05, 0.1) is 11.4 Å². The number of aryl methyl sites for hydroxylation is 2. The zero-order valence-electron chi connectivity index (χ0n) is 10.5. The molecular formula is C15H15N3. The third-order valence-electron chi connectivity index (χ3n) is 3.34. The molecule has 0 aliphatic heterocycles. The summed E-state index contributed by atoms with van der Waals surface area (Å²) in [6.45, 7) is 4.07. The van der Waals surface area contributed by atoms with Gasteiger partial charge in [-0.15, -0.1) is 0 Å². The van der Waals surface area contributed by atoms with Crippen LogP contribution in [0.1, 0.15) is 11.3 Å². The van der Waals surface area contributed by atoms with Crippen LogP contribution < -0.4 is 5.73 Å². The number of nitrogens with two attached hydrogens (primary N) is 1. The Morgan fingerprint density at radius 1 is 1.06 bits per heavy atom. The molecule has 1 aromatic carbocycles. The van der Waals surface area contributed by atoms with Crippen LogP contribution in [-0.4, -0.2) is 9.38 Å². The van der Waals surface area contributed by atoms with E-state index < -0.39 is 0 Å². The standard InChI is InChI=1S/C15H15N3/c1-10-8-9-18-11(2)14(17-15(18)13(10)16)12-6-4-3-5-7-12/h3-9H,16H2,1-2H3. The molecule has 90 valence electrons. The summed E-state index contributed by atoms with van der Waals surface area (Å²) in [7, 11) is 0. The van der Waals surface area contributed by atoms with Crippen LogP contribution in [0.2, 0.25) is 0 Å². The maximum absolute atomic E-state index is 6.10.